The number of hydrogen-bond acceptors (Lipinski definition) is 4. The number of benzene rings is 1. The molecule has 2 saturated heterocycles. The Morgan fingerprint density at radius 1 is 1.07 bits per heavy atom. The first kappa shape index (κ1) is 20.6. The van der Waals surface area contributed by atoms with Gasteiger partial charge in [-0.25, -0.2) is 4.79 Å². The zero-order valence-corrected chi connectivity index (χ0v) is 16.9. The third kappa shape index (κ3) is 3.06. The van der Waals surface area contributed by atoms with Crippen LogP contribution in [0.3, 0.4) is 0 Å². The number of hydrogen-bond donors (Lipinski definition) is 1. The molecule has 2 N–H and O–H groups in total. The van der Waals surface area contributed by atoms with Gasteiger partial charge in [-0.15, -0.1) is 12.4 Å². The molecule has 1 saturated carbocycles. The van der Waals surface area contributed by atoms with Crippen LogP contribution < -0.4 is 5.73 Å². The molecule has 3 aliphatic rings. The maximum atomic E-state index is 13.0. The van der Waals surface area contributed by atoms with E-state index in [0.29, 0.717) is 32.5 Å². The number of carbonyl (C=O) groups excluding carboxylic acids is 3. The number of likely N-dealkylation sites (tertiary alicyclic amines) is 1. The van der Waals surface area contributed by atoms with E-state index in [2.05, 4.69) is 0 Å². The highest BCUT2D eigenvalue weighted by Crippen LogP contribution is 2.39. The van der Waals surface area contributed by atoms with Gasteiger partial charge < -0.3 is 15.5 Å². The summed E-state index contributed by atoms with van der Waals surface area (Å²) in [6.45, 7) is 1.30. The van der Waals surface area contributed by atoms with Gasteiger partial charge in [-0.1, -0.05) is 30.3 Å². The summed E-state index contributed by atoms with van der Waals surface area (Å²) < 4.78 is 0. The van der Waals surface area contributed by atoms with Gasteiger partial charge in [0.2, 0.25) is 5.91 Å². The normalized spacial score (nSPS) is 22.9. The molecule has 152 valence electrons. The molecule has 4 rings (SSSR count). The Hall–Kier alpha value is -2.12. The molecule has 3 fully saturated rings. The average Bonchev–Trinajstić information content (AvgIpc) is 2.83. The molecular formula is C20H27ClN4O3. The van der Waals surface area contributed by atoms with Crippen molar-refractivity contribution in [3.8, 4) is 0 Å². The molecule has 0 bridgehead atoms. The van der Waals surface area contributed by atoms with Crippen LogP contribution >= 0.6 is 12.4 Å². The number of amides is 4. The van der Waals surface area contributed by atoms with Crippen molar-refractivity contribution in [2.75, 3.05) is 20.1 Å². The molecule has 2 heterocycles. The first-order chi connectivity index (χ1) is 12.9. The van der Waals surface area contributed by atoms with Crippen molar-refractivity contribution in [2.45, 2.75) is 49.7 Å². The fraction of sp³-hybridized carbons (Fsp3) is 0.550. The first-order valence-electron chi connectivity index (χ1n) is 9.59. The zero-order valence-electron chi connectivity index (χ0n) is 16.1. The number of nitrogens with two attached hydrogens (primary N) is 1. The summed E-state index contributed by atoms with van der Waals surface area (Å²) in [7, 11) is 1.54. The van der Waals surface area contributed by atoms with Crippen LogP contribution in [0.1, 0.15) is 37.7 Å². The Morgan fingerprint density at radius 3 is 2.21 bits per heavy atom. The number of carbonyl (C=O) groups is 3. The monoisotopic (exact) mass is 406 g/mol. The summed E-state index contributed by atoms with van der Waals surface area (Å²) in [6.07, 6.45) is 3.36. The lowest BCUT2D eigenvalue weighted by Gasteiger charge is -2.46. The van der Waals surface area contributed by atoms with Crippen LogP contribution in [-0.4, -0.2) is 63.8 Å². The number of likely N-dealkylation sites (N-methyl/N-ethyl adjacent to an activating group) is 1. The summed E-state index contributed by atoms with van der Waals surface area (Å²) >= 11 is 0. The highest BCUT2D eigenvalue weighted by atomic mass is 35.5. The third-order valence-electron chi connectivity index (χ3n) is 6.47. The molecule has 2 aliphatic heterocycles. The predicted molar refractivity (Wildman–Crippen MR) is 107 cm³/mol. The van der Waals surface area contributed by atoms with Gasteiger partial charge in [0.15, 0.2) is 0 Å². The van der Waals surface area contributed by atoms with Gasteiger partial charge in [0, 0.05) is 26.7 Å². The fourth-order valence-electron chi connectivity index (χ4n) is 4.51. The van der Waals surface area contributed by atoms with Crippen molar-refractivity contribution in [3.63, 3.8) is 0 Å². The SMILES string of the molecule is CN1C(=O)N(Cc2ccccc2)C2(CCN(C(=O)C3(N)CCC3)CC2)C1=O.Cl. The number of piperidine rings is 1. The van der Waals surface area contributed by atoms with Gasteiger partial charge in [-0.3, -0.25) is 14.5 Å². The molecule has 1 aromatic carbocycles. The summed E-state index contributed by atoms with van der Waals surface area (Å²) in [5.74, 6) is -0.176. The number of urea groups is 1. The van der Waals surface area contributed by atoms with Crippen LogP contribution in [-0.2, 0) is 16.1 Å². The van der Waals surface area contributed by atoms with Gasteiger partial charge in [-0.05, 0) is 37.7 Å². The standard InChI is InChI=1S/C20H26N4O3.ClH/c1-22-17(26)20(24(18(22)27)14-15-6-3-2-4-7-15)10-12-23(13-11-20)16(25)19(21)8-5-9-19;/h2-4,6-7H,5,8-14,21H2,1H3;1H. The third-order valence-corrected chi connectivity index (χ3v) is 6.47. The maximum absolute atomic E-state index is 13.0. The molecule has 28 heavy (non-hydrogen) atoms. The van der Waals surface area contributed by atoms with E-state index in [1.807, 2.05) is 30.3 Å². The number of nitrogens with zero attached hydrogens (tertiary/aromatic N) is 3. The molecule has 0 aromatic heterocycles. The number of rotatable bonds is 3. The van der Waals surface area contributed by atoms with E-state index < -0.39 is 11.1 Å². The lowest BCUT2D eigenvalue weighted by Crippen LogP contribution is -2.63. The van der Waals surface area contributed by atoms with E-state index >= 15 is 0 Å². The van der Waals surface area contributed by atoms with E-state index in [0.717, 1.165) is 24.8 Å². The molecule has 0 atom stereocenters. The van der Waals surface area contributed by atoms with Crippen molar-refractivity contribution in [2.24, 2.45) is 5.73 Å². The van der Waals surface area contributed by atoms with Crippen LogP contribution in [0.2, 0.25) is 0 Å². The Bertz CT molecular complexity index is 773. The first-order valence-corrected chi connectivity index (χ1v) is 9.59. The maximum Gasteiger partial charge on any atom is 0.327 e. The zero-order chi connectivity index (χ0) is 19.2. The van der Waals surface area contributed by atoms with Crippen molar-refractivity contribution in [3.05, 3.63) is 35.9 Å². The average molecular weight is 407 g/mol. The molecule has 7 nitrogen and oxygen atoms in total. The van der Waals surface area contributed by atoms with E-state index in [-0.39, 0.29) is 30.3 Å². The molecule has 1 aliphatic carbocycles. The molecule has 1 aromatic rings. The highest BCUT2D eigenvalue weighted by molar-refractivity contribution is 6.07. The van der Waals surface area contributed by atoms with Crippen molar-refractivity contribution in [1.82, 2.24) is 14.7 Å². The minimum atomic E-state index is -0.861. The Balaban J connectivity index is 0.00000225. The van der Waals surface area contributed by atoms with Gasteiger partial charge in [-0.2, -0.15) is 0 Å². The second-order valence-electron chi connectivity index (χ2n) is 8.05. The van der Waals surface area contributed by atoms with Crippen LogP contribution in [0.4, 0.5) is 4.79 Å². The van der Waals surface area contributed by atoms with Crippen LogP contribution in [0.15, 0.2) is 30.3 Å². The summed E-state index contributed by atoms with van der Waals surface area (Å²) in [4.78, 5) is 43.1. The summed E-state index contributed by atoms with van der Waals surface area (Å²) in [6, 6.07) is 9.42. The van der Waals surface area contributed by atoms with E-state index in [4.69, 9.17) is 5.73 Å². The second kappa shape index (κ2) is 7.37. The minimum absolute atomic E-state index is 0. The van der Waals surface area contributed by atoms with Crippen LogP contribution in [0.5, 0.6) is 0 Å². The largest absolute Gasteiger partial charge is 0.341 e. The summed E-state index contributed by atoms with van der Waals surface area (Å²) in [5, 5.41) is 0. The number of halogens is 1. The Kier molecular flexibility index (Phi) is 5.42. The van der Waals surface area contributed by atoms with Crippen molar-refractivity contribution >= 4 is 30.3 Å². The smallest absolute Gasteiger partial charge is 0.327 e. The lowest BCUT2D eigenvalue weighted by molar-refractivity contribution is -0.146. The van der Waals surface area contributed by atoms with Gasteiger partial charge >= 0.3 is 6.03 Å². The van der Waals surface area contributed by atoms with E-state index in [1.54, 1.807) is 9.80 Å². The molecule has 0 unspecified atom stereocenters. The van der Waals surface area contributed by atoms with Crippen LogP contribution in [0, 0.1) is 0 Å². The number of imide groups is 1. The van der Waals surface area contributed by atoms with Crippen LogP contribution in [0.25, 0.3) is 0 Å². The molecule has 1 spiro atoms. The molecule has 8 heteroatoms. The fourth-order valence-corrected chi connectivity index (χ4v) is 4.51. The Labute approximate surface area is 171 Å². The molecule has 4 amide bonds. The highest BCUT2D eigenvalue weighted by Gasteiger charge is 2.57. The Morgan fingerprint density at radius 2 is 1.68 bits per heavy atom. The van der Waals surface area contributed by atoms with E-state index in [9.17, 15) is 14.4 Å². The molecule has 0 radical (unpaired) electrons. The van der Waals surface area contributed by atoms with E-state index in [1.165, 1.54) is 11.9 Å². The quantitative estimate of drug-likeness (QED) is 0.774. The molecular weight excluding hydrogens is 380 g/mol. The van der Waals surface area contributed by atoms with Gasteiger partial charge in [0.05, 0.1) is 5.54 Å². The predicted octanol–water partition coefficient (Wildman–Crippen LogP) is 1.74. The summed E-state index contributed by atoms with van der Waals surface area (Å²) in [5.41, 5.74) is 5.60. The van der Waals surface area contributed by atoms with Crippen molar-refractivity contribution in [1.29, 1.82) is 0 Å². The minimum Gasteiger partial charge on any atom is -0.341 e. The second-order valence-corrected chi connectivity index (χ2v) is 8.05. The lowest BCUT2D eigenvalue weighted by atomic mass is 9.75. The topological polar surface area (TPSA) is 87.0 Å². The van der Waals surface area contributed by atoms with Gasteiger partial charge in [0.25, 0.3) is 5.91 Å². The van der Waals surface area contributed by atoms with Crippen molar-refractivity contribution < 1.29 is 14.4 Å². The van der Waals surface area contributed by atoms with Gasteiger partial charge in [0.1, 0.15) is 5.54 Å².